The number of halogens is 1. The number of nitrogens with one attached hydrogen (secondary N) is 2. The van der Waals surface area contributed by atoms with Gasteiger partial charge in [0.25, 0.3) is 0 Å². The summed E-state index contributed by atoms with van der Waals surface area (Å²) in [5, 5.41) is 12.2. The van der Waals surface area contributed by atoms with Crippen molar-refractivity contribution in [1.82, 2.24) is 4.72 Å². The van der Waals surface area contributed by atoms with Crippen LogP contribution in [0.5, 0.6) is 5.75 Å². The van der Waals surface area contributed by atoms with Crippen LogP contribution in [-0.4, -0.2) is 25.5 Å². The van der Waals surface area contributed by atoms with Crippen molar-refractivity contribution in [1.29, 1.82) is 0 Å². The van der Waals surface area contributed by atoms with E-state index >= 15 is 0 Å². The molecule has 0 radical (unpaired) electrons. The van der Waals surface area contributed by atoms with Crippen LogP contribution in [0.2, 0.25) is 0 Å². The van der Waals surface area contributed by atoms with Gasteiger partial charge in [0.15, 0.2) is 0 Å². The highest BCUT2D eigenvalue weighted by Crippen LogP contribution is 2.22. The molecule has 0 aliphatic heterocycles. The molecule has 0 spiro atoms. The van der Waals surface area contributed by atoms with Crippen LogP contribution in [0.25, 0.3) is 0 Å². The van der Waals surface area contributed by atoms with Gasteiger partial charge in [-0.25, -0.2) is 12.8 Å². The Morgan fingerprint density at radius 1 is 1.08 bits per heavy atom. The van der Waals surface area contributed by atoms with Crippen molar-refractivity contribution in [3.8, 4) is 5.75 Å². The molecule has 25 heavy (non-hydrogen) atoms. The molecule has 0 bridgehead atoms. The number of phenols is 1. The van der Waals surface area contributed by atoms with Gasteiger partial charge in [0.1, 0.15) is 22.5 Å². The molecular weight excluding hydrogens is 347 g/mol. The maximum atomic E-state index is 13.8. The van der Waals surface area contributed by atoms with E-state index in [0.717, 1.165) is 12.1 Å². The van der Waals surface area contributed by atoms with Crippen molar-refractivity contribution in [2.24, 2.45) is 5.92 Å². The van der Waals surface area contributed by atoms with Gasteiger partial charge < -0.3 is 10.4 Å². The molecule has 0 saturated carbocycles. The number of sulfonamides is 1. The smallest absolute Gasteiger partial charge is 0.244 e. The molecule has 6 nitrogen and oxygen atoms in total. The Bertz CT molecular complexity index is 868. The summed E-state index contributed by atoms with van der Waals surface area (Å²) in [5.74, 6) is -2.11. The summed E-state index contributed by atoms with van der Waals surface area (Å²) >= 11 is 0. The summed E-state index contributed by atoms with van der Waals surface area (Å²) in [6.45, 7) is 3.30. The summed E-state index contributed by atoms with van der Waals surface area (Å²) in [6.07, 6.45) is 0. The fraction of sp³-hybridized carbons (Fsp3) is 0.235. The van der Waals surface area contributed by atoms with Crippen molar-refractivity contribution in [2.45, 2.75) is 24.8 Å². The lowest BCUT2D eigenvalue weighted by atomic mass is 10.0. The second kappa shape index (κ2) is 7.62. The van der Waals surface area contributed by atoms with Gasteiger partial charge in [-0.2, -0.15) is 4.72 Å². The minimum Gasteiger partial charge on any atom is -0.506 e. The molecule has 2 aromatic rings. The van der Waals surface area contributed by atoms with E-state index < -0.39 is 38.6 Å². The first-order chi connectivity index (χ1) is 11.7. The van der Waals surface area contributed by atoms with Gasteiger partial charge in [-0.1, -0.05) is 38.1 Å². The number of rotatable bonds is 6. The van der Waals surface area contributed by atoms with E-state index in [1.54, 1.807) is 26.0 Å². The van der Waals surface area contributed by atoms with Crippen LogP contribution in [0, 0.1) is 11.7 Å². The predicted molar refractivity (Wildman–Crippen MR) is 92.1 cm³/mol. The standard InChI is InChI=1S/C17H19FN2O4S/c1-11(2)16(17(22)19-13-8-4-5-9-14(13)21)20-25(23,24)15-10-6-3-7-12(15)18/h3-11,16,20-21H,1-2H3,(H,19,22)/t16-/m0/s1. The highest BCUT2D eigenvalue weighted by molar-refractivity contribution is 7.89. The normalized spacial score (nSPS) is 12.8. The molecular formula is C17H19FN2O4S. The molecule has 2 aromatic carbocycles. The Hall–Kier alpha value is -2.45. The fourth-order valence-corrected chi connectivity index (χ4v) is 3.60. The molecule has 0 fully saturated rings. The Balaban J connectivity index is 2.25. The van der Waals surface area contributed by atoms with Gasteiger partial charge >= 0.3 is 0 Å². The maximum absolute atomic E-state index is 13.8. The molecule has 0 heterocycles. The van der Waals surface area contributed by atoms with E-state index in [9.17, 15) is 22.7 Å². The van der Waals surface area contributed by atoms with Gasteiger partial charge in [-0.15, -0.1) is 0 Å². The number of hydrogen-bond donors (Lipinski definition) is 3. The number of carbonyl (C=O) groups excluding carboxylic acids is 1. The fourth-order valence-electron chi connectivity index (χ4n) is 2.18. The van der Waals surface area contributed by atoms with Gasteiger partial charge in [0, 0.05) is 0 Å². The zero-order valence-corrected chi connectivity index (χ0v) is 14.5. The van der Waals surface area contributed by atoms with Crippen molar-refractivity contribution in [3.05, 3.63) is 54.3 Å². The molecule has 0 unspecified atom stereocenters. The molecule has 0 aromatic heterocycles. The van der Waals surface area contributed by atoms with Crippen molar-refractivity contribution >= 4 is 21.6 Å². The van der Waals surface area contributed by atoms with Crippen LogP contribution in [0.15, 0.2) is 53.4 Å². The Labute approximate surface area is 145 Å². The second-order valence-electron chi connectivity index (χ2n) is 5.78. The third-order valence-corrected chi connectivity index (χ3v) is 4.99. The average molecular weight is 366 g/mol. The van der Waals surface area contributed by atoms with Crippen LogP contribution < -0.4 is 10.0 Å². The number of aromatic hydroxyl groups is 1. The lowest BCUT2D eigenvalue weighted by molar-refractivity contribution is -0.118. The molecule has 1 atom stereocenters. The van der Waals surface area contributed by atoms with Gasteiger partial charge in [-0.3, -0.25) is 4.79 Å². The monoisotopic (exact) mass is 366 g/mol. The summed E-state index contributed by atoms with van der Waals surface area (Å²) in [5.41, 5.74) is 0.156. The number of para-hydroxylation sites is 2. The molecule has 134 valence electrons. The Morgan fingerprint density at radius 2 is 1.68 bits per heavy atom. The lowest BCUT2D eigenvalue weighted by Gasteiger charge is -2.22. The molecule has 3 N–H and O–H groups in total. The van der Waals surface area contributed by atoms with Crippen LogP contribution >= 0.6 is 0 Å². The van der Waals surface area contributed by atoms with Crippen molar-refractivity contribution < 1.29 is 22.7 Å². The Morgan fingerprint density at radius 3 is 2.28 bits per heavy atom. The molecule has 0 aliphatic carbocycles. The summed E-state index contributed by atoms with van der Waals surface area (Å²) in [4.78, 5) is 11.9. The first-order valence-corrected chi connectivity index (χ1v) is 9.06. The number of carbonyl (C=O) groups is 1. The topological polar surface area (TPSA) is 95.5 Å². The molecule has 8 heteroatoms. The predicted octanol–water partition coefficient (Wildman–Crippen LogP) is 2.47. The quantitative estimate of drug-likeness (QED) is 0.685. The zero-order chi connectivity index (χ0) is 18.6. The van der Waals surface area contributed by atoms with Gasteiger partial charge in [0.05, 0.1) is 5.69 Å². The van der Waals surface area contributed by atoms with E-state index in [1.807, 2.05) is 0 Å². The molecule has 2 rings (SSSR count). The summed E-state index contributed by atoms with van der Waals surface area (Å²) in [6, 6.07) is 9.85. The summed E-state index contributed by atoms with van der Waals surface area (Å²) in [7, 11) is -4.23. The molecule has 0 saturated heterocycles. The number of anilines is 1. The van der Waals surface area contributed by atoms with Crippen molar-refractivity contribution in [3.63, 3.8) is 0 Å². The summed E-state index contributed by atoms with van der Waals surface area (Å²) < 4.78 is 40.8. The second-order valence-corrected chi connectivity index (χ2v) is 7.46. The zero-order valence-electron chi connectivity index (χ0n) is 13.7. The number of phenolic OH excluding ortho intramolecular Hbond substituents is 1. The van der Waals surface area contributed by atoms with E-state index in [-0.39, 0.29) is 11.4 Å². The minimum atomic E-state index is -4.23. The lowest BCUT2D eigenvalue weighted by Crippen LogP contribution is -2.47. The first kappa shape index (κ1) is 18.9. The maximum Gasteiger partial charge on any atom is 0.244 e. The van der Waals surface area contributed by atoms with Gasteiger partial charge in [-0.05, 0) is 30.2 Å². The molecule has 1 amide bonds. The SMILES string of the molecule is CC(C)[C@H](NS(=O)(=O)c1ccccc1F)C(=O)Nc1ccccc1O. The first-order valence-electron chi connectivity index (χ1n) is 7.58. The number of hydrogen-bond acceptors (Lipinski definition) is 4. The van der Waals surface area contributed by atoms with E-state index in [4.69, 9.17) is 0 Å². The third kappa shape index (κ3) is 4.55. The van der Waals surface area contributed by atoms with E-state index in [1.165, 1.54) is 24.3 Å². The highest BCUT2D eigenvalue weighted by atomic mass is 32.2. The third-order valence-electron chi connectivity index (χ3n) is 3.52. The van der Waals surface area contributed by atoms with Crippen LogP contribution in [0.3, 0.4) is 0 Å². The van der Waals surface area contributed by atoms with Crippen LogP contribution in [0.4, 0.5) is 10.1 Å². The van der Waals surface area contributed by atoms with Crippen LogP contribution in [0.1, 0.15) is 13.8 Å². The van der Waals surface area contributed by atoms with Crippen molar-refractivity contribution in [2.75, 3.05) is 5.32 Å². The number of amides is 1. The van der Waals surface area contributed by atoms with E-state index in [2.05, 4.69) is 10.0 Å². The minimum absolute atomic E-state index is 0.143. The van der Waals surface area contributed by atoms with Crippen LogP contribution in [-0.2, 0) is 14.8 Å². The van der Waals surface area contributed by atoms with E-state index in [0.29, 0.717) is 0 Å². The highest BCUT2D eigenvalue weighted by Gasteiger charge is 2.30. The molecule has 0 aliphatic rings. The number of benzene rings is 2. The largest absolute Gasteiger partial charge is 0.506 e. The van der Waals surface area contributed by atoms with Gasteiger partial charge in [0.2, 0.25) is 15.9 Å². The average Bonchev–Trinajstić information content (AvgIpc) is 2.54. The Kier molecular flexibility index (Phi) is 5.76.